The van der Waals surface area contributed by atoms with Crippen LogP contribution in [0.3, 0.4) is 0 Å². The summed E-state index contributed by atoms with van der Waals surface area (Å²) in [4.78, 5) is 9.04. The van der Waals surface area contributed by atoms with Crippen molar-refractivity contribution >= 4 is 23.2 Å². The van der Waals surface area contributed by atoms with Crippen LogP contribution in [0.2, 0.25) is 10.2 Å². The van der Waals surface area contributed by atoms with Crippen LogP contribution < -0.4 is 0 Å². The molecule has 0 amide bonds. The van der Waals surface area contributed by atoms with Gasteiger partial charge in [0.25, 0.3) is 0 Å². The number of hydrogen-bond acceptors (Lipinski definition) is 2. The van der Waals surface area contributed by atoms with Gasteiger partial charge in [0, 0.05) is 22.2 Å². The summed E-state index contributed by atoms with van der Waals surface area (Å²) in [6.07, 6.45) is 4.94. The summed E-state index contributed by atoms with van der Waals surface area (Å²) in [6.45, 7) is 1.98. The highest BCUT2D eigenvalue weighted by Gasteiger charge is 2.20. The van der Waals surface area contributed by atoms with Gasteiger partial charge in [-0.3, -0.25) is 0 Å². The van der Waals surface area contributed by atoms with E-state index in [1.165, 1.54) is 25.7 Å². The van der Waals surface area contributed by atoms with Crippen LogP contribution in [0.1, 0.15) is 42.9 Å². The Morgan fingerprint density at radius 2 is 1.80 bits per heavy atom. The largest absolute Gasteiger partial charge is 0.233 e. The Morgan fingerprint density at radius 3 is 2.50 bits per heavy atom. The smallest absolute Gasteiger partial charge is 0.161 e. The maximum atomic E-state index is 6.18. The minimum absolute atomic E-state index is 0.508. The summed E-state index contributed by atoms with van der Waals surface area (Å²) in [5, 5.41) is 1.24. The van der Waals surface area contributed by atoms with E-state index >= 15 is 0 Å². The second-order valence-electron chi connectivity index (χ2n) is 5.38. The molecule has 4 heteroatoms. The third kappa shape index (κ3) is 2.82. The maximum absolute atomic E-state index is 6.18. The van der Waals surface area contributed by atoms with Gasteiger partial charge in [0.05, 0.1) is 0 Å². The molecule has 1 fully saturated rings. The van der Waals surface area contributed by atoms with Crippen LogP contribution in [0.25, 0.3) is 11.4 Å². The standard InChI is InChI=1S/C16H16Cl2N2/c1-10-6-7-12(8-13(10)17)16-19-14(9-15(18)20-16)11-4-2-3-5-11/h6-9,11H,2-5H2,1H3. The van der Waals surface area contributed by atoms with Gasteiger partial charge in [0.1, 0.15) is 5.15 Å². The lowest BCUT2D eigenvalue weighted by atomic mass is 10.0. The molecule has 0 radical (unpaired) electrons. The normalized spacial score (nSPS) is 15.8. The summed E-state index contributed by atoms with van der Waals surface area (Å²) in [7, 11) is 0. The number of nitrogens with zero attached hydrogens (tertiary/aromatic N) is 2. The Morgan fingerprint density at radius 1 is 1.05 bits per heavy atom. The summed E-state index contributed by atoms with van der Waals surface area (Å²) >= 11 is 12.3. The van der Waals surface area contributed by atoms with Gasteiger partial charge in [-0.15, -0.1) is 0 Å². The van der Waals surface area contributed by atoms with Crippen molar-refractivity contribution in [3.63, 3.8) is 0 Å². The zero-order valence-corrected chi connectivity index (χ0v) is 12.9. The van der Waals surface area contributed by atoms with Crippen molar-refractivity contribution in [2.75, 3.05) is 0 Å². The molecule has 0 atom stereocenters. The average molecular weight is 307 g/mol. The fourth-order valence-corrected chi connectivity index (χ4v) is 3.10. The molecule has 0 unspecified atom stereocenters. The van der Waals surface area contributed by atoms with Gasteiger partial charge in [-0.2, -0.15) is 0 Å². The van der Waals surface area contributed by atoms with Crippen molar-refractivity contribution in [3.05, 3.63) is 45.7 Å². The Labute approximate surface area is 129 Å². The minimum Gasteiger partial charge on any atom is -0.233 e. The van der Waals surface area contributed by atoms with Crippen molar-refractivity contribution in [3.8, 4) is 11.4 Å². The predicted molar refractivity (Wildman–Crippen MR) is 83.4 cm³/mol. The van der Waals surface area contributed by atoms with Gasteiger partial charge < -0.3 is 0 Å². The molecule has 3 rings (SSSR count). The first-order chi connectivity index (χ1) is 9.63. The van der Waals surface area contributed by atoms with Crippen molar-refractivity contribution in [1.82, 2.24) is 9.97 Å². The quantitative estimate of drug-likeness (QED) is 0.693. The molecule has 104 valence electrons. The molecule has 2 nitrogen and oxygen atoms in total. The highest BCUT2D eigenvalue weighted by molar-refractivity contribution is 6.31. The predicted octanol–water partition coefficient (Wildman–Crippen LogP) is 5.42. The van der Waals surface area contributed by atoms with Crippen LogP contribution >= 0.6 is 23.2 Å². The molecule has 0 N–H and O–H groups in total. The van der Waals surface area contributed by atoms with E-state index in [9.17, 15) is 0 Å². The maximum Gasteiger partial charge on any atom is 0.161 e. The molecule has 1 saturated carbocycles. The van der Waals surface area contributed by atoms with E-state index < -0.39 is 0 Å². The lowest BCUT2D eigenvalue weighted by Crippen LogP contribution is -2.00. The van der Waals surface area contributed by atoms with Crippen LogP contribution in [0.5, 0.6) is 0 Å². The third-order valence-corrected chi connectivity index (χ3v) is 4.52. The van der Waals surface area contributed by atoms with Crippen LogP contribution in [0.15, 0.2) is 24.3 Å². The Balaban J connectivity index is 2.02. The number of hydrogen-bond donors (Lipinski definition) is 0. The molecule has 0 spiro atoms. The molecule has 1 aliphatic rings. The number of aryl methyl sites for hydroxylation is 1. The van der Waals surface area contributed by atoms with E-state index in [4.69, 9.17) is 28.2 Å². The first kappa shape index (κ1) is 13.8. The lowest BCUT2D eigenvalue weighted by Gasteiger charge is -2.11. The molecule has 1 aromatic carbocycles. The molecule has 0 aliphatic heterocycles. The highest BCUT2D eigenvalue weighted by atomic mass is 35.5. The number of benzene rings is 1. The molecule has 1 heterocycles. The lowest BCUT2D eigenvalue weighted by molar-refractivity contribution is 0.695. The number of halogens is 2. The molecular formula is C16H16Cl2N2. The van der Waals surface area contributed by atoms with Crippen LogP contribution in [0.4, 0.5) is 0 Å². The Hall–Kier alpha value is -1.12. The zero-order valence-electron chi connectivity index (χ0n) is 11.4. The summed E-state index contributed by atoms with van der Waals surface area (Å²) in [6, 6.07) is 7.78. The SMILES string of the molecule is Cc1ccc(-c2nc(Cl)cc(C3CCCC3)n2)cc1Cl. The zero-order chi connectivity index (χ0) is 14.1. The first-order valence-corrected chi connectivity index (χ1v) is 7.70. The Kier molecular flexibility index (Phi) is 3.95. The molecule has 1 aliphatic carbocycles. The fraction of sp³-hybridized carbons (Fsp3) is 0.375. The first-order valence-electron chi connectivity index (χ1n) is 6.94. The van der Waals surface area contributed by atoms with E-state index in [0.29, 0.717) is 16.9 Å². The molecule has 0 saturated heterocycles. The highest BCUT2D eigenvalue weighted by Crippen LogP contribution is 2.34. The van der Waals surface area contributed by atoms with E-state index in [1.54, 1.807) is 0 Å². The van der Waals surface area contributed by atoms with Crippen molar-refractivity contribution in [2.24, 2.45) is 0 Å². The van der Waals surface area contributed by atoms with Crippen molar-refractivity contribution in [1.29, 1.82) is 0 Å². The van der Waals surface area contributed by atoms with Crippen LogP contribution in [-0.4, -0.2) is 9.97 Å². The second kappa shape index (κ2) is 5.71. The summed E-state index contributed by atoms with van der Waals surface area (Å²) in [5.41, 5.74) is 3.03. The topological polar surface area (TPSA) is 25.8 Å². The van der Waals surface area contributed by atoms with E-state index in [-0.39, 0.29) is 0 Å². The van der Waals surface area contributed by atoms with Crippen LogP contribution in [-0.2, 0) is 0 Å². The second-order valence-corrected chi connectivity index (χ2v) is 6.18. The van der Waals surface area contributed by atoms with E-state index in [0.717, 1.165) is 21.8 Å². The molecule has 20 heavy (non-hydrogen) atoms. The average Bonchev–Trinajstić information content (AvgIpc) is 2.95. The van der Waals surface area contributed by atoms with Crippen LogP contribution in [0, 0.1) is 6.92 Å². The third-order valence-electron chi connectivity index (χ3n) is 3.92. The van der Waals surface area contributed by atoms with E-state index in [2.05, 4.69) is 4.98 Å². The monoisotopic (exact) mass is 306 g/mol. The van der Waals surface area contributed by atoms with Gasteiger partial charge in [-0.25, -0.2) is 9.97 Å². The van der Waals surface area contributed by atoms with Crippen molar-refractivity contribution in [2.45, 2.75) is 38.5 Å². The van der Waals surface area contributed by atoms with Gasteiger partial charge in [0.2, 0.25) is 0 Å². The number of aromatic nitrogens is 2. The molecule has 0 bridgehead atoms. The molecule has 1 aromatic heterocycles. The van der Waals surface area contributed by atoms with Gasteiger partial charge in [0.15, 0.2) is 5.82 Å². The van der Waals surface area contributed by atoms with Gasteiger partial charge >= 0.3 is 0 Å². The summed E-state index contributed by atoms with van der Waals surface area (Å²) < 4.78 is 0. The fourth-order valence-electron chi connectivity index (χ4n) is 2.73. The molecular weight excluding hydrogens is 291 g/mol. The molecule has 2 aromatic rings. The van der Waals surface area contributed by atoms with Crippen molar-refractivity contribution < 1.29 is 0 Å². The Bertz CT molecular complexity index is 634. The minimum atomic E-state index is 0.508. The number of rotatable bonds is 2. The van der Waals surface area contributed by atoms with Gasteiger partial charge in [-0.1, -0.05) is 48.2 Å². The summed E-state index contributed by atoms with van der Waals surface area (Å²) in [5.74, 6) is 1.19. The van der Waals surface area contributed by atoms with Gasteiger partial charge in [-0.05, 0) is 37.5 Å². The van der Waals surface area contributed by atoms with E-state index in [1.807, 2.05) is 31.2 Å².